The highest BCUT2D eigenvalue weighted by Crippen LogP contribution is 2.38. The van der Waals surface area contributed by atoms with Gasteiger partial charge in [-0.25, -0.2) is 0 Å². The maximum atomic E-state index is 10.0. The van der Waals surface area contributed by atoms with Gasteiger partial charge in [-0.2, -0.15) is 0 Å². The predicted octanol–water partition coefficient (Wildman–Crippen LogP) is -7.51. The molecule has 3 saturated heterocycles. The fraction of sp³-hybridized carbons (Fsp3) is 0.891. The Balaban J connectivity index is 0.000000192. The van der Waals surface area contributed by atoms with Crippen molar-refractivity contribution >= 4 is 11.8 Å². The van der Waals surface area contributed by atoms with Crippen LogP contribution in [0.4, 0.5) is 0 Å². The summed E-state index contributed by atoms with van der Waals surface area (Å²) in [5, 5.41) is 197. The minimum atomic E-state index is -1.46. The third kappa shape index (κ3) is 20.4. The smallest absolute Gasteiger partial charge is 0.186 e. The van der Waals surface area contributed by atoms with Crippen molar-refractivity contribution in [1.82, 2.24) is 45.0 Å². The Kier molecular flexibility index (Phi) is 30.6. The molecule has 0 bridgehead atoms. The lowest BCUT2D eigenvalue weighted by Gasteiger charge is -2.40. The number of hydrogen-bond acceptors (Lipinski definition) is 32. The van der Waals surface area contributed by atoms with E-state index in [4.69, 9.17) is 38.3 Å². The van der Waals surface area contributed by atoms with Crippen molar-refractivity contribution in [3.8, 4) is 0 Å². The molecular weight excluding hydrogens is 1220 g/mol. The van der Waals surface area contributed by atoms with Crippen LogP contribution in [-0.4, -0.2) is 318 Å². The minimum Gasteiger partial charge on any atom is -0.396 e. The highest BCUT2D eigenvalue weighted by atomic mass is 32.2. The van der Waals surface area contributed by atoms with Crippen LogP contribution < -0.4 is 0 Å². The molecule has 3 aromatic rings. The molecule has 0 amide bonds. The second-order valence-corrected chi connectivity index (χ2v) is 25.1. The molecule has 0 spiro atoms. The fourth-order valence-electron chi connectivity index (χ4n) is 11.5. The number of unbranched alkanes of at least 4 members (excludes halogenated alkanes) is 1. The van der Waals surface area contributed by atoms with Crippen molar-refractivity contribution in [1.29, 1.82) is 0 Å². The molecule has 6 fully saturated rings. The number of hydrogen-bond donors (Lipinski definition) is 18. The zero-order valence-corrected chi connectivity index (χ0v) is 50.9. The number of rotatable bonds is 33. The van der Waals surface area contributed by atoms with E-state index in [0.29, 0.717) is 127 Å². The Morgan fingerprint density at radius 1 is 0.411 bits per heavy atom. The Bertz CT molecular complexity index is 2200. The number of aliphatic hydroxyl groups is 18. The summed E-state index contributed by atoms with van der Waals surface area (Å²) in [6.07, 6.45) is -7.78. The van der Waals surface area contributed by atoms with Gasteiger partial charge in [-0.1, -0.05) is 15.6 Å². The van der Waals surface area contributed by atoms with Crippen LogP contribution in [0.2, 0.25) is 0 Å². The SMILES string of the molecule is OCC1CC(O)C1Cn1cc(COCCCCC2OC(CO)C(O)C(O)C2O)nn1.OCC1CC(O)C1Cn1cc(COCCCOC2OC(CO)C(O)C(O)C2O)nn1.OCC1CC(O)C1Cn1cc(COCCCSC2OC(CO)C(O)C(O)C2O)nn1. The second-order valence-electron chi connectivity index (χ2n) is 23.9. The van der Waals surface area contributed by atoms with Gasteiger partial charge in [0, 0.05) is 77.0 Å². The fourth-order valence-corrected chi connectivity index (χ4v) is 12.6. The Hall–Kier alpha value is -3.23. The summed E-state index contributed by atoms with van der Waals surface area (Å²) >= 11 is 1.29. The average Bonchev–Trinajstić information content (AvgIpc) is 2.08. The lowest BCUT2D eigenvalue weighted by Crippen LogP contribution is -2.59. The molecule has 516 valence electrons. The van der Waals surface area contributed by atoms with Crippen molar-refractivity contribution in [2.75, 3.05) is 71.8 Å². The Morgan fingerprint density at radius 2 is 0.800 bits per heavy atom. The van der Waals surface area contributed by atoms with Crippen LogP contribution in [0, 0.1) is 35.5 Å². The number of aliphatic hydroxyl groups excluding tert-OH is 18. The van der Waals surface area contributed by atoms with E-state index in [0.717, 1.165) is 0 Å². The maximum Gasteiger partial charge on any atom is 0.186 e. The van der Waals surface area contributed by atoms with E-state index in [2.05, 4.69) is 30.9 Å². The predicted molar refractivity (Wildman–Crippen MR) is 306 cm³/mol. The first-order valence-corrected chi connectivity index (χ1v) is 31.8. The van der Waals surface area contributed by atoms with E-state index in [1.807, 2.05) is 0 Å². The van der Waals surface area contributed by atoms with Gasteiger partial charge in [-0.3, -0.25) is 14.0 Å². The van der Waals surface area contributed by atoms with Crippen LogP contribution in [0.1, 0.15) is 68.4 Å². The molecule has 3 aliphatic carbocycles. The molecule has 35 heteroatoms. The van der Waals surface area contributed by atoms with Crippen LogP contribution in [0.3, 0.4) is 0 Å². The largest absolute Gasteiger partial charge is 0.396 e. The highest BCUT2D eigenvalue weighted by molar-refractivity contribution is 7.99. The molecule has 34 nitrogen and oxygen atoms in total. The summed E-state index contributed by atoms with van der Waals surface area (Å²) in [4.78, 5) is 0. The van der Waals surface area contributed by atoms with Crippen LogP contribution in [0.5, 0.6) is 0 Å². The van der Waals surface area contributed by atoms with E-state index in [-0.39, 0.29) is 68.5 Å². The zero-order valence-electron chi connectivity index (χ0n) is 50.1. The van der Waals surface area contributed by atoms with Gasteiger partial charge in [-0.15, -0.1) is 27.1 Å². The third-order valence-electron chi connectivity index (χ3n) is 17.5. The van der Waals surface area contributed by atoms with Gasteiger partial charge >= 0.3 is 0 Å². The van der Waals surface area contributed by atoms with Crippen molar-refractivity contribution < 1.29 is 125 Å². The lowest BCUT2D eigenvalue weighted by atomic mass is 9.71. The van der Waals surface area contributed by atoms with Gasteiger partial charge < -0.3 is 125 Å². The maximum absolute atomic E-state index is 10.0. The van der Waals surface area contributed by atoms with Crippen LogP contribution >= 0.6 is 11.8 Å². The summed E-state index contributed by atoms with van der Waals surface area (Å²) in [5.41, 5.74) is 1.26. The number of nitrogens with zero attached hydrogens (tertiary/aromatic N) is 9. The molecule has 9 rings (SSSR count). The number of thioether (sulfide) groups is 1. The van der Waals surface area contributed by atoms with E-state index in [1.54, 1.807) is 32.6 Å². The molecule has 90 heavy (non-hydrogen) atoms. The molecule has 24 unspecified atom stereocenters. The first kappa shape index (κ1) is 74.2. The first-order valence-electron chi connectivity index (χ1n) is 30.7. The standard InChI is InChI=1S/C19H33N3O8.C18H31N3O9.C18H31N3O8S/c23-8-11-5-14(25)13(11)7-22-6-12(20-21-22)10-29-4-2-1-3-15-17(26)19(28)18(27)16(9-24)30-15;22-7-10-4-13(24)12(10)6-21-5-11(19-20-21)9-28-2-1-3-29-18-17(27)16(26)15(25)14(8-23)30-18;22-7-10-4-13(24)12(10)6-21-5-11(19-20-21)9-28-2-1-3-30-18-17(27)16(26)15(25)14(8-23)29-18/h6,11,13-19,23-28H,1-5,7-10H2;2*5,10,12-18,22-27H,1-4,6-9H2. The van der Waals surface area contributed by atoms with E-state index in [9.17, 15) is 86.8 Å². The zero-order chi connectivity index (χ0) is 65.0. The van der Waals surface area contributed by atoms with Gasteiger partial charge in [0.25, 0.3) is 0 Å². The van der Waals surface area contributed by atoms with Crippen LogP contribution in [-0.2, 0) is 72.6 Å². The molecule has 18 N–H and O–H groups in total. The molecule has 24 atom stereocenters. The van der Waals surface area contributed by atoms with Gasteiger partial charge in [0.15, 0.2) is 6.29 Å². The summed E-state index contributed by atoms with van der Waals surface area (Å²) in [6, 6.07) is 0. The van der Waals surface area contributed by atoms with Gasteiger partial charge in [0.05, 0.1) is 89.3 Å². The molecule has 0 radical (unpaired) electrons. The molecule has 0 aromatic carbocycles. The topological polar surface area (TPSA) is 521 Å². The van der Waals surface area contributed by atoms with E-state index >= 15 is 0 Å². The monoisotopic (exact) mass is 1310 g/mol. The number of aromatic nitrogens is 9. The molecule has 3 saturated carbocycles. The Morgan fingerprint density at radius 3 is 1.23 bits per heavy atom. The van der Waals surface area contributed by atoms with Gasteiger partial charge in [0.1, 0.15) is 95.8 Å². The van der Waals surface area contributed by atoms with Crippen molar-refractivity contribution in [3.05, 3.63) is 35.7 Å². The molecule has 3 aliphatic heterocycles. The van der Waals surface area contributed by atoms with E-state index < -0.39 is 129 Å². The molecule has 6 aliphatic rings. The summed E-state index contributed by atoms with van der Waals surface area (Å²) < 4.78 is 43.2. The second kappa shape index (κ2) is 37.2. The quantitative estimate of drug-likeness (QED) is 0.0252. The normalized spacial score (nSPS) is 36.6. The highest BCUT2D eigenvalue weighted by Gasteiger charge is 2.47. The Labute approximate surface area is 523 Å². The summed E-state index contributed by atoms with van der Waals surface area (Å²) in [6.45, 7) is 2.61. The van der Waals surface area contributed by atoms with Gasteiger partial charge in [0.2, 0.25) is 0 Å². The number of ether oxygens (including phenoxy) is 7. The van der Waals surface area contributed by atoms with Gasteiger partial charge in [-0.05, 0) is 74.9 Å². The van der Waals surface area contributed by atoms with Crippen molar-refractivity contribution in [2.24, 2.45) is 35.5 Å². The molecular formula is C55H95N9O25S. The third-order valence-corrected chi connectivity index (χ3v) is 18.7. The molecule has 3 aromatic heterocycles. The summed E-state index contributed by atoms with van der Waals surface area (Å²) in [5.74, 6) is 0.852. The van der Waals surface area contributed by atoms with Crippen molar-refractivity contribution in [2.45, 2.75) is 200 Å². The van der Waals surface area contributed by atoms with E-state index in [1.165, 1.54) is 11.8 Å². The van der Waals surface area contributed by atoms with Crippen LogP contribution in [0.15, 0.2) is 18.6 Å². The minimum absolute atomic E-state index is 0.00659. The van der Waals surface area contributed by atoms with Crippen LogP contribution in [0.25, 0.3) is 0 Å². The summed E-state index contributed by atoms with van der Waals surface area (Å²) in [7, 11) is 0. The van der Waals surface area contributed by atoms with Crippen molar-refractivity contribution in [3.63, 3.8) is 0 Å². The first-order chi connectivity index (χ1) is 43.3. The molecule has 6 heterocycles. The average molecular weight is 1310 g/mol. The lowest BCUT2D eigenvalue weighted by molar-refractivity contribution is -0.301.